The van der Waals surface area contributed by atoms with Gasteiger partial charge in [0.1, 0.15) is 0 Å². The Hall–Kier alpha value is -1.52. The molecule has 0 spiro atoms. The lowest BCUT2D eigenvalue weighted by molar-refractivity contribution is 0.282. The molecule has 0 saturated carbocycles. The predicted octanol–water partition coefficient (Wildman–Crippen LogP) is 3.47. The van der Waals surface area contributed by atoms with Crippen LogP contribution in [0.2, 0.25) is 5.02 Å². The van der Waals surface area contributed by atoms with E-state index in [-0.39, 0.29) is 12.0 Å². The molecular formula is C15H20ClN3O. The first-order valence-electron chi connectivity index (χ1n) is 6.57. The van der Waals surface area contributed by atoms with Crippen LogP contribution in [-0.2, 0) is 18.6 Å². The van der Waals surface area contributed by atoms with Gasteiger partial charge in [0.15, 0.2) is 0 Å². The number of halogens is 1. The van der Waals surface area contributed by atoms with Crippen LogP contribution in [0.15, 0.2) is 24.4 Å². The van der Waals surface area contributed by atoms with Gasteiger partial charge in [0.25, 0.3) is 0 Å². The summed E-state index contributed by atoms with van der Waals surface area (Å²) in [5, 5.41) is 20.3. The van der Waals surface area contributed by atoms with Crippen molar-refractivity contribution in [1.82, 2.24) is 10.2 Å². The van der Waals surface area contributed by atoms with Crippen LogP contribution < -0.4 is 5.32 Å². The Bertz CT molecular complexity index is 587. The van der Waals surface area contributed by atoms with Gasteiger partial charge in [0.2, 0.25) is 0 Å². The first kappa shape index (κ1) is 14.9. The molecule has 0 aliphatic rings. The van der Waals surface area contributed by atoms with Gasteiger partial charge in [-0.15, -0.1) is 0 Å². The van der Waals surface area contributed by atoms with Crippen LogP contribution in [0.5, 0.6) is 0 Å². The number of H-pyrrole nitrogens is 1. The van der Waals surface area contributed by atoms with E-state index in [0.717, 1.165) is 22.5 Å². The van der Waals surface area contributed by atoms with Crippen LogP contribution in [0.1, 0.15) is 37.6 Å². The summed E-state index contributed by atoms with van der Waals surface area (Å²) in [6.07, 6.45) is 1.83. The standard InChI is InChI=1S/C15H20ClN3O/c1-15(2,3)14-11(8-18-19-14)7-17-13-6-10(9-20)4-5-12(13)16/h4-6,8,17,20H,7,9H2,1-3H3,(H,18,19). The molecule has 4 nitrogen and oxygen atoms in total. The maximum atomic E-state index is 9.17. The number of nitrogens with one attached hydrogen (secondary N) is 2. The minimum absolute atomic E-state index is 0.00476. The van der Waals surface area contributed by atoms with Crippen molar-refractivity contribution in [3.8, 4) is 0 Å². The SMILES string of the molecule is CC(C)(C)c1[nH]ncc1CNc1cc(CO)ccc1Cl. The second-order valence-electron chi connectivity index (χ2n) is 5.85. The minimum Gasteiger partial charge on any atom is -0.392 e. The zero-order valence-electron chi connectivity index (χ0n) is 12.0. The molecule has 108 valence electrons. The van der Waals surface area contributed by atoms with Gasteiger partial charge in [0, 0.05) is 23.2 Å². The van der Waals surface area contributed by atoms with Crippen molar-refractivity contribution in [1.29, 1.82) is 0 Å². The molecule has 0 fully saturated rings. The molecule has 1 aromatic carbocycles. The Morgan fingerprint density at radius 2 is 2.10 bits per heavy atom. The monoisotopic (exact) mass is 293 g/mol. The van der Waals surface area contributed by atoms with E-state index in [1.54, 1.807) is 6.07 Å². The molecule has 0 aliphatic carbocycles. The topological polar surface area (TPSA) is 60.9 Å². The van der Waals surface area contributed by atoms with Crippen molar-refractivity contribution in [2.75, 3.05) is 5.32 Å². The van der Waals surface area contributed by atoms with Crippen molar-refractivity contribution < 1.29 is 5.11 Å². The zero-order valence-corrected chi connectivity index (χ0v) is 12.8. The van der Waals surface area contributed by atoms with Crippen LogP contribution in [0.25, 0.3) is 0 Å². The van der Waals surface area contributed by atoms with E-state index >= 15 is 0 Å². The number of anilines is 1. The fourth-order valence-corrected chi connectivity index (χ4v) is 2.28. The van der Waals surface area contributed by atoms with Crippen molar-refractivity contribution in [2.45, 2.75) is 39.3 Å². The highest BCUT2D eigenvalue weighted by molar-refractivity contribution is 6.33. The number of hydrogen-bond acceptors (Lipinski definition) is 3. The predicted molar refractivity (Wildman–Crippen MR) is 82.0 cm³/mol. The van der Waals surface area contributed by atoms with Gasteiger partial charge in [-0.1, -0.05) is 38.4 Å². The van der Waals surface area contributed by atoms with Gasteiger partial charge in [0.05, 0.1) is 23.5 Å². The smallest absolute Gasteiger partial charge is 0.0682 e. The van der Waals surface area contributed by atoms with E-state index in [9.17, 15) is 5.11 Å². The highest BCUT2D eigenvalue weighted by Gasteiger charge is 2.19. The molecule has 0 bridgehead atoms. The second-order valence-corrected chi connectivity index (χ2v) is 6.25. The summed E-state index contributed by atoms with van der Waals surface area (Å²) in [4.78, 5) is 0. The van der Waals surface area contributed by atoms with E-state index < -0.39 is 0 Å². The Labute approximate surface area is 124 Å². The average molecular weight is 294 g/mol. The third-order valence-corrected chi connectivity index (χ3v) is 3.48. The molecule has 0 unspecified atom stereocenters. The van der Waals surface area contributed by atoms with Crippen LogP contribution >= 0.6 is 11.6 Å². The number of rotatable bonds is 4. The molecule has 2 aromatic rings. The fourth-order valence-electron chi connectivity index (χ4n) is 2.09. The first-order chi connectivity index (χ1) is 9.41. The molecule has 1 aromatic heterocycles. The summed E-state index contributed by atoms with van der Waals surface area (Å²) >= 11 is 6.16. The Morgan fingerprint density at radius 3 is 2.75 bits per heavy atom. The van der Waals surface area contributed by atoms with Crippen molar-refractivity contribution in [3.63, 3.8) is 0 Å². The van der Waals surface area contributed by atoms with Crippen molar-refractivity contribution >= 4 is 17.3 Å². The van der Waals surface area contributed by atoms with Crippen LogP contribution in [0, 0.1) is 0 Å². The van der Waals surface area contributed by atoms with Gasteiger partial charge in [-0.2, -0.15) is 5.10 Å². The van der Waals surface area contributed by atoms with Gasteiger partial charge in [-0.3, -0.25) is 5.10 Å². The molecule has 3 N–H and O–H groups in total. The van der Waals surface area contributed by atoms with E-state index in [2.05, 4.69) is 36.3 Å². The summed E-state index contributed by atoms with van der Waals surface area (Å²) in [5.74, 6) is 0. The van der Waals surface area contributed by atoms with Crippen LogP contribution in [0.4, 0.5) is 5.69 Å². The maximum Gasteiger partial charge on any atom is 0.0682 e. The number of hydrogen-bond donors (Lipinski definition) is 3. The number of aromatic amines is 1. The average Bonchev–Trinajstić information content (AvgIpc) is 2.86. The lowest BCUT2D eigenvalue weighted by atomic mass is 9.89. The van der Waals surface area contributed by atoms with Crippen LogP contribution in [0.3, 0.4) is 0 Å². The van der Waals surface area contributed by atoms with Crippen molar-refractivity contribution in [2.24, 2.45) is 0 Å². The largest absolute Gasteiger partial charge is 0.392 e. The maximum absolute atomic E-state index is 9.17. The third kappa shape index (κ3) is 3.32. The van der Waals surface area contributed by atoms with Crippen molar-refractivity contribution in [3.05, 3.63) is 46.2 Å². The number of benzene rings is 1. The van der Waals surface area contributed by atoms with E-state index in [1.807, 2.05) is 18.3 Å². The molecule has 20 heavy (non-hydrogen) atoms. The molecule has 0 amide bonds. The Balaban J connectivity index is 2.15. The molecule has 0 aliphatic heterocycles. The van der Waals surface area contributed by atoms with Gasteiger partial charge < -0.3 is 10.4 Å². The summed E-state index contributed by atoms with van der Waals surface area (Å²) < 4.78 is 0. The molecule has 2 rings (SSSR count). The Kier molecular flexibility index (Phi) is 4.35. The number of aliphatic hydroxyl groups is 1. The number of aromatic nitrogens is 2. The lowest BCUT2D eigenvalue weighted by Crippen LogP contribution is -2.15. The van der Waals surface area contributed by atoms with Gasteiger partial charge >= 0.3 is 0 Å². The summed E-state index contributed by atoms with van der Waals surface area (Å²) in [7, 11) is 0. The lowest BCUT2D eigenvalue weighted by Gasteiger charge is -2.19. The fraction of sp³-hybridized carbons (Fsp3) is 0.400. The normalized spacial score (nSPS) is 11.7. The first-order valence-corrected chi connectivity index (χ1v) is 6.95. The third-order valence-electron chi connectivity index (χ3n) is 3.15. The number of nitrogens with zero attached hydrogens (tertiary/aromatic N) is 1. The second kappa shape index (κ2) is 5.85. The molecule has 1 heterocycles. The van der Waals surface area contributed by atoms with E-state index in [0.29, 0.717) is 11.6 Å². The van der Waals surface area contributed by atoms with E-state index in [1.165, 1.54) is 0 Å². The number of aliphatic hydroxyl groups excluding tert-OH is 1. The molecule has 0 atom stereocenters. The summed E-state index contributed by atoms with van der Waals surface area (Å²) in [6.45, 7) is 7.07. The minimum atomic E-state index is 0.00476. The van der Waals surface area contributed by atoms with Gasteiger partial charge in [-0.05, 0) is 17.7 Å². The summed E-state index contributed by atoms with van der Waals surface area (Å²) in [6, 6.07) is 5.46. The molecule has 5 heteroatoms. The quantitative estimate of drug-likeness (QED) is 0.809. The van der Waals surface area contributed by atoms with Gasteiger partial charge in [-0.25, -0.2) is 0 Å². The zero-order chi connectivity index (χ0) is 14.8. The Morgan fingerprint density at radius 1 is 1.35 bits per heavy atom. The highest BCUT2D eigenvalue weighted by Crippen LogP contribution is 2.26. The molecular weight excluding hydrogens is 274 g/mol. The highest BCUT2D eigenvalue weighted by atomic mass is 35.5. The molecule has 0 radical (unpaired) electrons. The summed E-state index contributed by atoms with van der Waals surface area (Å²) in [5.41, 5.74) is 3.89. The molecule has 0 saturated heterocycles. The van der Waals surface area contributed by atoms with Crippen LogP contribution in [-0.4, -0.2) is 15.3 Å². The van der Waals surface area contributed by atoms with E-state index in [4.69, 9.17) is 11.6 Å².